The summed E-state index contributed by atoms with van der Waals surface area (Å²) in [6.07, 6.45) is -4.35. The van der Waals surface area contributed by atoms with E-state index >= 15 is 0 Å². The Hall–Kier alpha value is -0.830. The molecule has 0 heterocycles. The highest BCUT2D eigenvalue weighted by Crippen LogP contribution is 2.31. The fourth-order valence-corrected chi connectivity index (χ4v) is 2.47. The number of alkyl halides is 3. The molecule has 7 heteroatoms. The quantitative estimate of drug-likeness (QED) is 0.430. The van der Waals surface area contributed by atoms with Crippen LogP contribution in [0.1, 0.15) is 22.7 Å². The van der Waals surface area contributed by atoms with E-state index in [1.807, 2.05) is 12.1 Å². The van der Waals surface area contributed by atoms with Gasteiger partial charge in [0.05, 0.1) is 16.6 Å². The highest BCUT2D eigenvalue weighted by molar-refractivity contribution is 14.1. The second-order valence-electron chi connectivity index (χ2n) is 4.39. The van der Waals surface area contributed by atoms with Crippen LogP contribution in [-0.4, -0.2) is 0 Å². The lowest BCUT2D eigenvalue weighted by atomic mass is 9.98. The van der Waals surface area contributed by atoms with Crippen LogP contribution in [0.5, 0.6) is 0 Å². The van der Waals surface area contributed by atoms with Crippen LogP contribution in [0.2, 0.25) is 5.02 Å². The average Bonchev–Trinajstić information content (AvgIpc) is 2.43. The summed E-state index contributed by atoms with van der Waals surface area (Å²) in [5, 5.41) is 0.570. The fraction of sp³-hybridized carbons (Fsp3) is 0.143. The summed E-state index contributed by atoms with van der Waals surface area (Å²) in [7, 11) is 0. The SMILES string of the molecule is NNC(c1ccc(C(F)(F)F)cc1)c1ccc(I)c(Cl)c1. The van der Waals surface area contributed by atoms with Crippen molar-refractivity contribution in [2.24, 2.45) is 5.84 Å². The molecule has 0 saturated carbocycles. The predicted octanol–water partition coefficient (Wildman–Crippen LogP) is 4.52. The zero-order valence-corrected chi connectivity index (χ0v) is 13.5. The van der Waals surface area contributed by atoms with Gasteiger partial charge in [0.25, 0.3) is 0 Å². The van der Waals surface area contributed by atoms with Gasteiger partial charge < -0.3 is 0 Å². The monoisotopic (exact) mass is 426 g/mol. The van der Waals surface area contributed by atoms with Gasteiger partial charge in [-0.3, -0.25) is 5.84 Å². The van der Waals surface area contributed by atoms with Crippen LogP contribution < -0.4 is 11.3 Å². The van der Waals surface area contributed by atoms with E-state index in [9.17, 15) is 13.2 Å². The molecule has 0 bridgehead atoms. The van der Waals surface area contributed by atoms with Crippen LogP contribution >= 0.6 is 34.2 Å². The van der Waals surface area contributed by atoms with E-state index in [2.05, 4.69) is 28.0 Å². The van der Waals surface area contributed by atoms with E-state index in [1.54, 1.807) is 6.07 Å². The molecule has 2 nitrogen and oxygen atoms in total. The van der Waals surface area contributed by atoms with E-state index in [0.717, 1.165) is 21.3 Å². The molecule has 1 atom stereocenters. The van der Waals surface area contributed by atoms with Gasteiger partial charge in [0.2, 0.25) is 0 Å². The van der Waals surface area contributed by atoms with Gasteiger partial charge in [0.1, 0.15) is 0 Å². The number of nitrogens with two attached hydrogens (primary N) is 1. The molecule has 0 aliphatic rings. The molecule has 1 unspecified atom stereocenters. The van der Waals surface area contributed by atoms with Gasteiger partial charge in [-0.15, -0.1) is 0 Å². The molecule has 112 valence electrons. The van der Waals surface area contributed by atoms with Crippen molar-refractivity contribution in [2.45, 2.75) is 12.2 Å². The fourth-order valence-electron chi connectivity index (χ4n) is 1.94. The van der Waals surface area contributed by atoms with Gasteiger partial charge in [-0.1, -0.05) is 29.8 Å². The van der Waals surface area contributed by atoms with Crippen molar-refractivity contribution in [3.63, 3.8) is 0 Å². The van der Waals surface area contributed by atoms with Crippen molar-refractivity contribution < 1.29 is 13.2 Å². The molecule has 0 aliphatic heterocycles. The van der Waals surface area contributed by atoms with Crippen LogP contribution in [0.15, 0.2) is 42.5 Å². The summed E-state index contributed by atoms with van der Waals surface area (Å²) in [6, 6.07) is 9.84. The third kappa shape index (κ3) is 3.88. The van der Waals surface area contributed by atoms with Crippen LogP contribution in [0.25, 0.3) is 0 Å². The maximum atomic E-state index is 12.6. The highest BCUT2D eigenvalue weighted by Gasteiger charge is 2.30. The van der Waals surface area contributed by atoms with Crippen molar-refractivity contribution in [1.82, 2.24) is 5.43 Å². The largest absolute Gasteiger partial charge is 0.416 e. The summed E-state index contributed by atoms with van der Waals surface area (Å²) in [4.78, 5) is 0. The first kappa shape index (κ1) is 16.5. The Bertz CT molecular complexity index is 629. The van der Waals surface area contributed by atoms with Crippen molar-refractivity contribution in [1.29, 1.82) is 0 Å². The van der Waals surface area contributed by atoms with Crippen LogP contribution in [-0.2, 0) is 6.18 Å². The third-order valence-corrected chi connectivity index (χ3v) is 4.59. The molecule has 0 amide bonds. The first-order valence-corrected chi connectivity index (χ1v) is 7.37. The van der Waals surface area contributed by atoms with Gasteiger partial charge >= 0.3 is 6.18 Å². The lowest BCUT2D eigenvalue weighted by molar-refractivity contribution is -0.137. The van der Waals surface area contributed by atoms with Gasteiger partial charge in [0, 0.05) is 3.57 Å². The number of benzene rings is 2. The molecule has 0 aliphatic carbocycles. The zero-order valence-electron chi connectivity index (χ0n) is 10.6. The Morgan fingerprint density at radius 2 is 1.62 bits per heavy atom. The number of hydrogen-bond donors (Lipinski definition) is 2. The molecular formula is C14H11ClF3IN2. The Morgan fingerprint density at radius 1 is 1.05 bits per heavy atom. The Morgan fingerprint density at radius 3 is 2.10 bits per heavy atom. The normalized spacial score (nSPS) is 13.2. The maximum absolute atomic E-state index is 12.6. The standard InChI is InChI=1S/C14H11ClF3IN2/c15-11-7-9(3-6-12(11)19)13(21-20)8-1-4-10(5-2-8)14(16,17)18/h1-7,13,21H,20H2. The Balaban J connectivity index is 2.35. The van der Waals surface area contributed by atoms with E-state index in [0.29, 0.717) is 10.6 Å². The van der Waals surface area contributed by atoms with Gasteiger partial charge in [-0.2, -0.15) is 13.2 Å². The van der Waals surface area contributed by atoms with Crippen LogP contribution in [0.3, 0.4) is 0 Å². The molecule has 21 heavy (non-hydrogen) atoms. The second-order valence-corrected chi connectivity index (χ2v) is 5.96. The molecule has 2 aromatic carbocycles. The summed E-state index contributed by atoms with van der Waals surface area (Å²) in [6.45, 7) is 0. The third-order valence-electron chi connectivity index (χ3n) is 3.02. The Labute approximate surface area is 138 Å². The lowest BCUT2D eigenvalue weighted by Gasteiger charge is -2.18. The molecular weight excluding hydrogens is 416 g/mol. The molecule has 2 aromatic rings. The first-order valence-electron chi connectivity index (χ1n) is 5.91. The molecule has 0 aromatic heterocycles. The number of hydrazine groups is 1. The minimum absolute atomic E-state index is 0.429. The van der Waals surface area contributed by atoms with E-state index in [4.69, 9.17) is 17.4 Å². The van der Waals surface area contributed by atoms with Crippen molar-refractivity contribution in [3.05, 3.63) is 67.7 Å². The molecule has 0 fully saturated rings. The van der Waals surface area contributed by atoms with Crippen LogP contribution in [0.4, 0.5) is 13.2 Å². The van der Waals surface area contributed by atoms with Crippen molar-refractivity contribution >= 4 is 34.2 Å². The average molecular weight is 427 g/mol. The van der Waals surface area contributed by atoms with Crippen molar-refractivity contribution in [3.8, 4) is 0 Å². The lowest BCUT2D eigenvalue weighted by Crippen LogP contribution is -2.28. The number of nitrogens with one attached hydrogen (secondary N) is 1. The van der Waals surface area contributed by atoms with Crippen molar-refractivity contribution in [2.75, 3.05) is 0 Å². The second kappa shape index (κ2) is 6.51. The van der Waals surface area contributed by atoms with E-state index in [1.165, 1.54) is 12.1 Å². The molecule has 0 radical (unpaired) electrons. The minimum Gasteiger partial charge on any atom is -0.271 e. The van der Waals surface area contributed by atoms with Crippen LogP contribution in [0, 0.1) is 3.57 Å². The Kier molecular flexibility index (Phi) is 5.13. The van der Waals surface area contributed by atoms with E-state index < -0.39 is 17.8 Å². The molecule has 0 saturated heterocycles. The van der Waals surface area contributed by atoms with Gasteiger partial charge in [-0.05, 0) is 58.0 Å². The molecule has 0 spiro atoms. The summed E-state index contributed by atoms with van der Waals surface area (Å²) in [5.74, 6) is 5.53. The number of rotatable bonds is 3. The smallest absolute Gasteiger partial charge is 0.271 e. The van der Waals surface area contributed by atoms with Gasteiger partial charge in [-0.25, -0.2) is 5.43 Å². The summed E-state index contributed by atoms with van der Waals surface area (Å²) in [5.41, 5.74) is 3.31. The number of hydrogen-bond acceptors (Lipinski definition) is 2. The van der Waals surface area contributed by atoms with Gasteiger partial charge in [0.15, 0.2) is 0 Å². The highest BCUT2D eigenvalue weighted by atomic mass is 127. The maximum Gasteiger partial charge on any atom is 0.416 e. The molecule has 3 N–H and O–H groups in total. The first-order chi connectivity index (χ1) is 9.82. The summed E-state index contributed by atoms with van der Waals surface area (Å²) >= 11 is 8.16. The topological polar surface area (TPSA) is 38.0 Å². The molecule has 2 rings (SSSR count). The minimum atomic E-state index is -4.35. The van der Waals surface area contributed by atoms with E-state index in [-0.39, 0.29) is 0 Å². The number of halogens is 5. The predicted molar refractivity (Wildman–Crippen MR) is 84.8 cm³/mol. The summed E-state index contributed by atoms with van der Waals surface area (Å²) < 4.78 is 38.6. The zero-order chi connectivity index (χ0) is 15.6.